The van der Waals surface area contributed by atoms with Gasteiger partial charge in [0.15, 0.2) is 0 Å². The first-order valence-corrected chi connectivity index (χ1v) is 9.87. The number of rotatable bonds is 5. The van der Waals surface area contributed by atoms with Crippen molar-refractivity contribution in [2.45, 2.75) is 11.4 Å². The van der Waals surface area contributed by atoms with Gasteiger partial charge >= 0.3 is 0 Å². The molecule has 1 aliphatic heterocycles. The highest BCUT2D eigenvalue weighted by atomic mass is 32.2. The number of carbonyl (C=O) groups excluding carboxylic acids is 1. The highest BCUT2D eigenvalue weighted by Crippen LogP contribution is 2.18. The molecule has 8 heteroatoms. The number of carbonyl (C=O) groups is 1. The first-order valence-electron chi connectivity index (χ1n) is 8.43. The Morgan fingerprint density at radius 2 is 1.65 bits per heavy atom. The molecule has 1 aromatic carbocycles. The van der Waals surface area contributed by atoms with Crippen molar-refractivity contribution >= 4 is 15.9 Å². The van der Waals surface area contributed by atoms with Crippen LogP contribution in [0.15, 0.2) is 53.7 Å². The minimum atomic E-state index is -3.52. The SMILES string of the molecule is CN1CCN(S(=O)(=O)c2ccc(C(=O)NCc3ccncc3)cc2)CC1. The van der Waals surface area contributed by atoms with Gasteiger partial charge in [-0.05, 0) is 49.0 Å². The molecule has 0 saturated carbocycles. The van der Waals surface area contributed by atoms with Crippen molar-refractivity contribution in [2.75, 3.05) is 33.2 Å². The summed E-state index contributed by atoms with van der Waals surface area (Å²) in [5, 5.41) is 2.81. The Bertz CT molecular complexity index is 846. The van der Waals surface area contributed by atoms with E-state index in [4.69, 9.17) is 0 Å². The van der Waals surface area contributed by atoms with Crippen LogP contribution in [0.2, 0.25) is 0 Å². The molecule has 0 aliphatic carbocycles. The Kier molecular flexibility index (Phi) is 5.65. The molecule has 1 amide bonds. The highest BCUT2D eigenvalue weighted by molar-refractivity contribution is 7.89. The fourth-order valence-corrected chi connectivity index (χ4v) is 4.16. The van der Waals surface area contributed by atoms with Gasteiger partial charge in [-0.15, -0.1) is 0 Å². The Labute approximate surface area is 153 Å². The Morgan fingerprint density at radius 3 is 2.27 bits per heavy atom. The number of hydrogen-bond donors (Lipinski definition) is 1. The molecule has 0 spiro atoms. The number of nitrogens with one attached hydrogen (secondary N) is 1. The van der Waals surface area contributed by atoms with Crippen LogP contribution in [0, 0.1) is 0 Å². The van der Waals surface area contributed by atoms with Crippen molar-refractivity contribution in [3.8, 4) is 0 Å². The molecule has 1 aromatic heterocycles. The minimum absolute atomic E-state index is 0.215. The van der Waals surface area contributed by atoms with Crippen LogP contribution in [-0.4, -0.2) is 61.7 Å². The maximum absolute atomic E-state index is 12.7. The summed E-state index contributed by atoms with van der Waals surface area (Å²) in [5.74, 6) is -0.245. The van der Waals surface area contributed by atoms with E-state index in [0.717, 1.165) is 5.56 Å². The van der Waals surface area contributed by atoms with Gasteiger partial charge in [-0.2, -0.15) is 4.31 Å². The summed E-state index contributed by atoms with van der Waals surface area (Å²) in [6.45, 7) is 2.78. The van der Waals surface area contributed by atoms with Crippen LogP contribution in [0.4, 0.5) is 0 Å². The molecule has 1 N–H and O–H groups in total. The standard InChI is InChI=1S/C18H22N4O3S/c1-21-10-12-22(13-11-21)26(24,25)17-4-2-16(3-5-17)18(23)20-14-15-6-8-19-9-7-15/h2-9H,10-14H2,1H3,(H,20,23). The molecule has 26 heavy (non-hydrogen) atoms. The van der Waals surface area contributed by atoms with Gasteiger partial charge in [-0.3, -0.25) is 9.78 Å². The summed E-state index contributed by atoms with van der Waals surface area (Å²) in [6, 6.07) is 9.73. The van der Waals surface area contributed by atoms with Gasteiger partial charge in [0.2, 0.25) is 10.0 Å². The van der Waals surface area contributed by atoms with Crippen LogP contribution in [0.1, 0.15) is 15.9 Å². The fraction of sp³-hybridized carbons (Fsp3) is 0.333. The summed E-state index contributed by atoms with van der Waals surface area (Å²) in [7, 11) is -1.54. The van der Waals surface area contributed by atoms with E-state index >= 15 is 0 Å². The molecular formula is C18H22N4O3S. The number of benzene rings is 1. The number of nitrogens with zero attached hydrogens (tertiary/aromatic N) is 3. The first-order chi connectivity index (χ1) is 12.5. The van der Waals surface area contributed by atoms with Gasteiger partial charge in [-0.25, -0.2) is 8.42 Å². The van der Waals surface area contributed by atoms with Crippen molar-refractivity contribution in [3.05, 3.63) is 59.9 Å². The first kappa shape index (κ1) is 18.5. The smallest absolute Gasteiger partial charge is 0.251 e. The fourth-order valence-electron chi connectivity index (χ4n) is 2.74. The maximum atomic E-state index is 12.7. The summed E-state index contributed by atoms with van der Waals surface area (Å²) in [4.78, 5) is 18.5. The number of amides is 1. The molecule has 2 heterocycles. The van der Waals surface area contributed by atoms with Crippen molar-refractivity contribution in [1.29, 1.82) is 0 Å². The predicted molar refractivity (Wildman–Crippen MR) is 98.1 cm³/mol. The van der Waals surface area contributed by atoms with Gasteiger partial charge in [0.25, 0.3) is 5.91 Å². The van der Waals surface area contributed by atoms with Crippen LogP contribution in [-0.2, 0) is 16.6 Å². The van der Waals surface area contributed by atoms with Crippen LogP contribution in [0.5, 0.6) is 0 Å². The monoisotopic (exact) mass is 374 g/mol. The lowest BCUT2D eigenvalue weighted by Crippen LogP contribution is -2.47. The number of piperazine rings is 1. The lowest BCUT2D eigenvalue weighted by atomic mass is 10.2. The van der Waals surface area contributed by atoms with Crippen LogP contribution in [0.3, 0.4) is 0 Å². The molecule has 0 atom stereocenters. The topological polar surface area (TPSA) is 82.6 Å². The van der Waals surface area contributed by atoms with E-state index in [9.17, 15) is 13.2 Å². The average Bonchev–Trinajstić information content (AvgIpc) is 2.67. The van der Waals surface area contributed by atoms with Gasteiger partial charge in [0.05, 0.1) is 4.90 Å². The third-order valence-corrected chi connectivity index (χ3v) is 6.33. The number of sulfonamides is 1. The van der Waals surface area contributed by atoms with Gasteiger partial charge in [0, 0.05) is 50.7 Å². The zero-order chi connectivity index (χ0) is 18.6. The summed E-state index contributed by atoms with van der Waals surface area (Å²) < 4.78 is 26.9. The molecule has 3 rings (SSSR count). The normalized spacial score (nSPS) is 16.3. The van der Waals surface area contributed by atoms with Crippen LogP contribution in [0.25, 0.3) is 0 Å². The second-order valence-corrected chi connectivity index (χ2v) is 8.21. The molecule has 138 valence electrons. The minimum Gasteiger partial charge on any atom is -0.348 e. The van der Waals surface area contributed by atoms with Crippen molar-refractivity contribution in [1.82, 2.24) is 19.5 Å². The zero-order valence-corrected chi connectivity index (χ0v) is 15.4. The molecular weight excluding hydrogens is 352 g/mol. The Balaban J connectivity index is 1.65. The third kappa shape index (κ3) is 4.27. The summed E-state index contributed by atoms with van der Waals surface area (Å²) in [5.41, 5.74) is 1.37. The number of hydrogen-bond acceptors (Lipinski definition) is 5. The number of pyridine rings is 1. The second kappa shape index (κ2) is 7.94. The van der Waals surface area contributed by atoms with Crippen molar-refractivity contribution < 1.29 is 13.2 Å². The van der Waals surface area contributed by atoms with E-state index in [1.807, 2.05) is 19.2 Å². The molecule has 0 radical (unpaired) electrons. The van der Waals surface area contributed by atoms with Crippen LogP contribution >= 0.6 is 0 Å². The highest BCUT2D eigenvalue weighted by Gasteiger charge is 2.27. The van der Waals surface area contributed by atoms with E-state index in [1.165, 1.54) is 16.4 Å². The Morgan fingerprint density at radius 1 is 1.04 bits per heavy atom. The van der Waals surface area contributed by atoms with Gasteiger partial charge in [0.1, 0.15) is 0 Å². The average molecular weight is 374 g/mol. The van der Waals surface area contributed by atoms with Gasteiger partial charge in [-0.1, -0.05) is 0 Å². The molecule has 1 saturated heterocycles. The van der Waals surface area contributed by atoms with E-state index < -0.39 is 10.0 Å². The maximum Gasteiger partial charge on any atom is 0.251 e. The van der Waals surface area contributed by atoms with E-state index in [2.05, 4.69) is 15.2 Å². The van der Waals surface area contributed by atoms with Crippen molar-refractivity contribution in [2.24, 2.45) is 0 Å². The predicted octanol–water partition coefficient (Wildman–Crippen LogP) is 0.948. The second-order valence-electron chi connectivity index (χ2n) is 6.27. The molecule has 7 nitrogen and oxygen atoms in total. The number of likely N-dealkylation sites (N-methyl/N-ethyl adjacent to an activating group) is 1. The molecule has 0 unspecified atom stereocenters. The molecule has 2 aromatic rings. The van der Waals surface area contributed by atoms with E-state index in [-0.39, 0.29) is 10.8 Å². The van der Waals surface area contributed by atoms with Crippen LogP contribution < -0.4 is 5.32 Å². The Hall–Kier alpha value is -2.29. The summed E-state index contributed by atoms with van der Waals surface area (Å²) in [6.07, 6.45) is 3.33. The van der Waals surface area contributed by atoms with Gasteiger partial charge < -0.3 is 10.2 Å². The quantitative estimate of drug-likeness (QED) is 0.843. The van der Waals surface area contributed by atoms with E-state index in [0.29, 0.717) is 38.3 Å². The molecule has 0 bridgehead atoms. The van der Waals surface area contributed by atoms with E-state index in [1.54, 1.807) is 24.5 Å². The largest absolute Gasteiger partial charge is 0.348 e. The third-order valence-electron chi connectivity index (χ3n) is 4.42. The lowest BCUT2D eigenvalue weighted by Gasteiger charge is -2.31. The summed E-state index contributed by atoms with van der Waals surface area (Å²) >= 11 is 0. The van der Waals surface area contributed by atoms with Crippen molar-refractivity contribution in [3.63, 3.8) is 0 Å². The molecule has 1 fully saturated rings. The lowest BCUT2D eigenvalue weighted by molar-refractivity contribution is 0.0951. The molecule has 1 aliphatic rings. The number of aromatic nitrogens is 1. The zero-order valence-electron chi connectivity index (χ0n) is 14.6.